The lowest BCUT2D eigenvalue weighted by molar-refractivity contribution is 0.0947. The third kappa shape index (κ3) is 5.01. The summed E-state index contributed by atoms with van der Waals surface area (Å²) in [6.07, 6.45) is 0. The van der Waals surface area contributed by atoms with Crippen LogP contribution in [0.2, 0.25) is 5.02 Å². The van der Waals surface area contributed by atoms with E-state index in [0.717, 1.165) is 11.1 Å². The van der Waals surface area contributed by atoms with Crippen LogP contribution < -0.4 is 15.0 Å². The number of nitrogens with zero attached hydrogens (tertiary/aromatic N) is 1. The molecule has 0 saturated heterocycles. The monoisotopic (exact) mass is 530 g/mol. The molecule has 0 aromatic heterocycles. The molecule has 0 fully saturated rings. The molecule has 4 aromatic carbocycles. The summed E-state index contributed by atoms with van der Waals surface area (Å²) in [7, 11) is -0.0272. The van der Waals surface area contributed by atoms with Gasteiger partial charge < -0.3 is 15.0 Å². The molecule has 2 amide bonds. The van der Waals surface area contributed by atoms with Gasteiger partial charge in [-0.2, -0.15) is 0 Å². The van der Waals surface area contributed by atoms with Crippen molar-refractivity contribution in [2.75, 3.05) is 12.0 Å². The zero-order valence-corrected chi connectivity index (χ0v) is 21.5. The molecule has 1 aliphatic heterocycles. The Labute approximate surface area is 222 Å². The summed E-state index contributed by atoms with van der Waals surface area (Å²) >= 11 is 6.20. The van der Waals surface area contributed by atoms with Crippen LogP contribution in [0.5, 0.6) is 5.75 Å². The first kappa shape index (κ1) is 24.7. The van der Waals surface area contributed by atoms with Gasteiger partial charge in [0, 0.05) is 22.7 Å². The second-order valence-corrected chi connectivity index (χ2v) is 10.3. The third-order valence-electron chi connectivity index (χ3n) is 6.14. The molecule has 0 spiro atoms. The van der Waals surface area contributed by atoms with E-state index in [0.29, 0.717) is 37.4 Å². The van der Waals surface area contributed by atoms with Gasteiger partial charge in [-0.1, -0.05) is 54.1 Å². The van der Waals surface area contributed by atoms with Crippen LogP contribution in [-0.2, 0) is 23.9 Å². The molecular formula is C29H23ClN2O4S. The molecule has 4 aromatic rings. The van der Waals surface area contributed by atoms with E-state index in [1.54, 1.807) is 66.6 Å². The highest BCUT2D eigenvalue weighted by Crippen LogP contribution is 2.36. The number of fused-ring (bicyclic) bond motifs is 2. The summed E-state index contributed by atoms with van der Waals surface area (Å²) in [6, 6.07) is 26.5. The predicted octanol–water partition coefficient (Wildman–Crippen LogP) is 5.61. The zero-order valence-electron chi connectivity index (χ0n) is 19.9. The van der Waals surface area contributed by atoms with Crippen LogP contribution in [0, 0.1) is 0 Å². The molecule has 8 heteroatoms. The lowest BCUT2D eigenvalue weighted by Gasteiger charge is -2.24. The number of ether oxygens (including phenoxy) is 1. The van der Waals surface area contributed by atoms with E-state index in [4.69, 9.17) is 16.3 Å². The van der Waals surface area contributed by atoms with Crippen LogP contribution >= 0.6 is 11.6 Å². The van der Waals surface area contributed by atoms with Crippen LogP contribution in [0.15, 0.2) is 101 Å². The fourth-order valence-corrected chi connectivity index (χ4v) is 5.86. The van der Waals surface area contributed by atoms with E-state index in [1.165, 1.54) is 0 Å². The maximum Gasteiger partial charge on any atom is 0.259 e. The second-order valence-electron chi connectivity index (χ2n) is 8.46. The Balaban J connectivity index is 1.53. The van der Waals surface area contributed by atoms with E-state index < -0.39 is 10.8 Å². The number of nitrogens with one attached hydrogen (secondary N) is 1. The topological polar surface area (TPSA) is 75.7 Å². The average Bonchev–Trinajstić information content (AvgIpc) is 3.01. The van der Waals surface area contributed by atoms with Gasteiger partial charge in [0.25, 0.3) is 11.8 Å². The smallest absolute Gasteiger partial charge is 0.259 e. The van der Waals surface area contributed by atoms with Crippen molar-refractivity contribution >= 4 is 39.9 Å². The van der Waals surface area contributed by atoms with Crippen LogP contribution in [-0.4, -0.2) is 23.1 Å². The molecular weight excluding hydrogens is 508 g/mol. The number of rotatable bonds is 6. The summed E-state index contributed by atoms with van der Waals surface area (Å²) in [6.45, 7) is 0.465. The van der Waals surface area contributed by atoms with Crippen molar-refractivity contribution in [2.24, 2.45) is 0 Å². The number of carbonyl (C=O) groups is 2. The number of amides is 2. The average molecular weight is 531 g/mol. The van der Waals surface area contributed by atoms with Crippen LogP contribution in [0.4, 0.5) is 5.69 Å². The highest BCUT2D eigenvalue weighted by atomic mass is 35.5. The molecule has 1 aliphatic rings. The van der Waals surface area contributed by atoms with E-state index in [1.807, 2.05) is 36.4 Å². The number of hydrogen-bond donors (Lipinski definition) is 1. The van der Waals surface area contributed by atoms with Gasteiger partial charge in [-0.3, -0.25) is 9.59 Å². The maximum atomic E-state index is 13.7. The van der Waals surface area contributed by atoms with Gasteiger partial charge in [0.1, 0.15) is 5.75 Å². The van der Waals surface area contributed by atoms with Gasteiger partial charge in [-0.15, -0.1) is 0 Å². The molecule has 6 nitrogen and oxygen atoms in total. The molecule has 1 atom stereocenters. The van der Waals surface area contributed by atoms with Crippen molar-refractivity contribution in [3.05, 3.63) is 118 Å². The van der Waals surface area contributed by atoms with Crippen LogP contribution in [0.25, 0.3) is 0 Å². The molecule has 0 aliphatic carbocycles. The minimum Gasteiger partial charge on any atom is -0.496 e. The van der Waals surface area contributed by atoms with Gasteiger partial charge in [0.05, 0.1) is 45.5 Å². The van der Waals surface area contributed by atoms with Crippen LogP contribution in [0.3, 0.4) is 0 Å². The Bertz CT molecular complexity index is 1540. The lowest BCUT2D eigenvalue weighted by Crippen LogP contribution is -2.31. The van der Waals surface area contributed by atoms with Crippen molar-refractivity contribution in [2.45, 2.75) is 22.9 Å². The van der Waals surface area contributed by atoms with Gasteiger partial charge in [-0.25, -0.2) is 4.21 Å². The van der Waals surface area contributed by atoms with Crippen molar-refractivity contribution < 1.29 is 18.5 Å². The highest BCUT2D eigenvalue weighted by Gasteiger charge is 2.31. The van der Waals surface area contributed by atoms with Gasteiger partial charge in [0.15, 0.2) is 0 Å². The van der Waals surface area contributed by atoms with Gasteiger partial charge >= 0.3 is 0 Å². The van der Waals surface area contributed by atoms with Crippen molar-refractivity contribution in [3.8, 4) is 5.75 Å². The Hall–Kier alpha value is -3.94. The number of anilines is 1. The zero-order chi connectivity index (χ0) is 25.9. The SMILES string of the molecule is COc1ccccc1CNC(=O)c1ccc2c(c1)N(Cc1cccc(Cl)c1)C(=O)c1ccccc1[S@]2=O. The molecule has 0 radical (unpaired) electrons. The largest absolute Gasteiger partial charge is 0.496 e. The predicted molar refractivity (Wildman–Crippen MR) is 144 cm³/mol. The van der Waals surface area contributed by atoms with Crippen molar-refractivity contribution in [1.29, 1.82) is 0 Å². The summed E-state index contributed by atoms with van der Waals surface area (Å²) in [5.41, 5.74) is 2.77. The van der Waals surface area contributed by atoms with Crippen molar-refractivity contribution in [1.82, 2.24) is 5.32 Å². The van der Waals surface area contributed by atoms with Crippen LogP contribution in [0.1, 0.15) is 31.8 Å². The van der Waals surface area contributed by atoms with Gasteiger partial charge in [0.2, 0.25) is 0 Å². The second kappa shape index (κ2) is 10.6. The minimum absolute atomic E-state index is 0.199. The molecule has 0 unspecified atom stereocenters. The number of carbonyl (C=O) groups excluding carboxylic acids is 2. The Morgan fingerprint density at radius 2 is 1.73 bits per heavy atom. The standard InChI is InChI=1S/C29H23ClN2O4S/c1-36-25-11-4-2-8-21(25)17-31-28(33)20-13-14-27-24(16-20)32(18-19-7-6-9-22(30)15-19)29(34)23-10-3-5-12-26(23)37(27)35/h2-16H,17-18H2,1H3,(H,31,33)/t37-/m1/s1. The van der Waals surface area contributed by atoms with E-state index in [2.05, 4.69) is 5.32 Å². The van der Waals surface area contributed by atoms with Gasteiger partial charge in [-0.05, 0) is 54.1 Å². The fourth-order valence-electron chi connectivity index (χ4n) is 4.31. The normalized spacial score (nSPS) is 14.4. The molecule has 1 N–H and O–H groups in total. The first-order valence-electron chi connectivity index (χ1n) is 11.6. The Morgan fingerprint density at radius 1 is 0.946 bits per heavy atom. The number of halogens is 1. The molecule has 186 valence electrons. The van der Waals surface area contributed by atoms with E-state index in [-0.39, 0.29) is 24.9 Å². The molecule has 37 heavy (non-hydrogen) atoms. The molecule has 0 saturated carbocycles. The van der Waals surface area contributed by atoms with Crippen molar-refractivity contribution in [3.63, 3.8) is 0 Å². The number of benzene rings is 4. The van der Waals surface area contributed by atoms with E-state index >= 15 is 0 Å². The maximum absolute atomic E-state index is 13.7. The number of hydrogen-bond acceptors (Lipinski definition) is 4. The molecule has 5 rings (SSSR count). The quantitative estimate of drug-likeness (QED) is 0.352. The first-order valence-corrected chi connectivity index (χ1v) is 13.1. The minimum atomic E-state index is -1.61. The third-order valence-corrected chi connectivity index (χ3v) is 7.87. The Morgan fingerprint density at radius 3 is 2.54 bits per heavy atom. The Kier molecular flexibility index (Phi) is 7.08. The molecule has 1 heterocycles. The summed E-state index contributed by atoms with van der Waals surface area (Å²) in [5, 5.41) is 3.46. The summed E-state index contributed by atoms with van der Waals surface area (Å²) in [5.74, 6) is 0.0573. The first-order chi connectivity index (χ1) is 18.0. The summed E-state index contributed by atoms with van der Waals surface area (Å²) < 4.78 is 19.0. The fraction of sp³-hybridized carbons (Fsp3) is 0.103. The van der Waals surface area contributed by atoms with E-state index in [9.17, 15) is 13.8 Å². The lowest BCUT2D eigenvalue weighted by atomic mass is 10.1. The molecule has 0 bridgehead atoms. The number of para-hydroxylation sites is 1. The highest BCUT2D eigenvalue weighted by molar-refractivity contribution is 7.85. The number of methoxy groups -OCH3 is 1. The summed E-state index contributed by atoms with van der Waals surface area (Å²) in [4.78, 5) is 29.3.